The van der Waals surface area contributed by atoms with Gasteiger partial charge in [0.2, 0.25) is 5.91 Å². The van der Waals surface area contributed by atoms with Crippen molar-refractivity contribution in [3.05, 3.63) is 47.0 Å². The van der Waals surface area contributed by atoms with Crippen molar-refractivity contribution in [2.45, 2.75) is 32.1 Å². The number of carbonyl (C=O) groups excluding carboxylic acids is 2. The Bertz CT molecular complexity index is 1220. The highest BCUT2D eigenvalue weighted by atomic mass is 32.1. The zero-order valence-corrected chi connectivity index (χ0v) is 22.6. The van der Waals surface area contributed by atoms with Crippen molar-refractivity contribution in [1.29, 1.82) is 0 Å². The van der Waals surface area contributed by atoms with Crippen LogP contribution in [0.4, 0.5) is 0 Å². The molecule has 3 aromatic rings. The molecular formula is C28H35N3O5S. The molecule has 4 rings (SSSR count). The van der Waals surface area contributed by atoms with E-state index >= 15 is 0 Å². The Labute approximate surface area is 222 Å². The highest BCUT2D eigenvalue weighted by molar-refractivity contribution is 7.18. The lowest BCUT2D eigenvalue weighted by Crippen LogP contribution is -2.47. The number of amides is 1. The maximum Gasteiger partial charge on any atom is 0.222 e. The van der Waals surface area contributed by atoms with Gasteiger partial charge in [-0.3, -0.25) is 9.59 Å². The third-order valence-electron chi connectivity index (χ3n) is 6.55. The first-order valence-corrected chi connectivity index (χ1v) is 13.5. The fraction of sp³-hybridized carbons (Fsp3) is 0.464. The van der Waals surface area contributed by atoms with E-state index in [-0.39, 0.29) is 11.7 Å². The minimum atomic E-state index is 0.148. The van der Waals surface area contributed by atoms with E-state index < -0.39 is 0 Å². The molecule has 0 spiro atoms. The van der Waals surface area contributed by atoms with Crippen LogP contribution in [0.1, 0.15) is 29.8 Å². The molecule has 1 amide bonds. The zero-order valence-electron chi connectivity index (χ0n) is 21.8. The molecule has 37 heavy (non-hydrogen) atoms. The topological polar surface area (TPSA) is 81.2 Å². The molecule has 0 bridgehead atoms. The molecule has 2 aromatic carbocycles. The summed E-state index contributed by atoms with van der Waals surface area (Å²) in [7, 11) is 5.29. The van der Waals surface area contributed by atoms with Crippen LogP contribution in [0.15, 0.2) is 36.4 Å². The van der Waals surface area contributed by atoms with Gasteiger partial charge in [0.15, 0.2) is 11.5 Å². The van der Waals surface area contributed by atoms with Crippen LogP contribution in [-0.4, -0.2) is 80.5 Å². The number of aryl methyl sites for hydroxylation is 1. The lowest BCUT2D eigenvalue weighted by Gasteiger charge is -2.32. The van der Waals surface area contributed by atoms with Gasteiger partial charge in [0.05, 0.1) is 37.5 Å². The number of thiazole rings is 1. The number of piperazine rings is 1. The summed E-state index contributed by atoms with van der Waals surface area (Å²) in [6.07, 6.45) is 2.58. The minimum absolute atomic E-state index is 0.148. The summed E-state index contributed by atoms with van der Waals surface area (Å²) >= 11 is 1.52. The molecule has 9 heteroatoms. The van der Waals surface area contributed by atoms with Crippen molar-refractivity contribution in [2.24, 2.45) is 0 Å². The molecule has 1 aliphatic rings. The summed E-state index contributed by atoms with van der Waals surface area (Å²) in [5, 5.41) is 0.808. The number of hydrogen-bond donors (Lipinski definition) is 0. The SMILES string of the molecule is COc1ccc(CCC(=O)Cc2nc3ccc(OCCCC(=O)N4CCN(C)CC4)cc3s2)cc1OC. The van der Waals surface area contributed by atoms with Gasteiger partial charge in [-0.1, -0.05) is 6.07 Å². The predicted molar refractivity (Wildman–Crippen MR) is 145 cm³/mol. The second-order valence-electron chi connectivity index (χ2n) is 9.28. The van der Waals surface area contributed by atoms with Gasteiger partial charge >= 0.3 is 0 Å². The Kier molecular flexibility index (Phi) is 9.35. The third kappa shape index (κ3) is 7.42. The maximum absolute atomic E-state index is 12.6. The van der Waals surface area contributed by atoms with E-state index in [9.17, 15) is 9.59 Å². The van der Waals surface area contributed by atoms with Crippen molar-refractivity contribution in [3.8, 4) is 17.2 Å². The second-order valence-corrected chi connectivity index (χ2v) is 10.4. The van der Waals surface area contributed by atoms with Gasteiger partial charge in [-0.2, -0.15) is 0 Å². The standard InChI is InChI=1S/C28H35N3O5S/c1-30-12-14-31(15-13-30)28(33)5-4-16-36-22-9-10-23-26(19-22)37-27(29-23)18-21(32)8-6-20-7-11-24(34-2)25(17-20)35-3/h7,9-11,17,19H,4-6,8,12-16,18H2,1-3H3. The smallest absolute Gasteiger partial charge is 0.222 e. The number of methoxy groups -OCH3 is 2. The predicted octanol–water partition coefficient (Wildman–Crippen LogP) is 3.99. The first-order chi connectivity index (χ1) is 17.9. The fourth-order valence-corrected chi connectivity index (χ4v) is 5.35. The van der Waals surface area contributed by atoms with Crippen molar-refractivity contribution in [1.82, 2.24) is 14.8 Å². The average molecular weight is 526 g/mol. The minimum Gasteiger partial charge on any atom is -0.494 e. The molecule has 0 radical (unpaired) electrons. The average Bonchev–Trinajstić information content (AvgIpc) is 3.31. The number of hydrogen-bond acceptors (Lipinski definition) is 8. The number of ketones is 1. The molecule has 1 aromatic heterocycles. The quantitative estimate of drug-likeness (QED) is 0.331. The zero-order chi connectivity index (χ0) is 26.2. The van der Waals surface area contributed by atoms with Gasteiger partial charge in [-0.15, -0.1) is 11.3 Å². The molecule has 8 nitrogen and oxygen atoms in total. The lowest BCUT2D eigenvalue weighted by molar-refractivity contribution is -0.133. The fourth-order valence-electron chi connectivity index (χ4n) is 4.32. The highest BCUT2D eigenvalue weighted by Crippen LogP contribution is 2.29. The van der Waals surface area contributed by atoms with Crippen LogP contribution in [0.3, 0.4) is 0 Å². The van der Waals surface area contributed by atoms with Crippen LogP contribution in [0.5, 0.6) is 17.2 Å². The molecule has 1 saturated heterocycles. The van der Waals surface area contributed by atoms with Crippen molar-refractivity contribution >= 4 is 33.2 Å². The van der Waals surface area contributed by atoms with E-state index in [2.05, 4.69) is 16.9 Å². The van der Waals surface area contributed by atoms with E-state index in [1.54, 1.807) is 14.2 Å². The Morgan fingerprint density at radius 3 is 2.51 bits per heavy atom. The number of benzene rings is 2. The van der Waals surface area contributed by atoms with Gasteiger partial charge in [0.25, 0.3) is 0 Å². The second kappa shape index (κ2) is 12.9. The van der Waals surface area contributed by atoms with Crippen LogP contribution in [0.2, 0.25) is 0 Å². The molecule has 198 valence electrons. The number of aromatic nitrogens is 1. The number of ether oxygens (including phenoxy) is 3. The summed E-state index contributed by atoms with van der Waals surface area (Å²) in [6.45, 7) is 3.97. The van der Waals surface area contributed by atoms with Crippen molar-refractivity contribution in [3.63, 3.8) is 0 Å². The van der Waals surface area contributed by atoms with E-state index in [4.69, 9.17) is 14.2 Å². The summed E-state index contributed by atoms with van der Waals surface area (Å²) in [5.74, 6) is 2.45. The molecule has 0 atom stereocenters. The Hall–Kier alpha value is -3.17. The largest absolute Gasteiger partial charge is 0.494 e. The van der Waals surface area contributed by atoms with Crippen LogP contribution >= 0.6 is 11.3 Å². The van der Waals surface area contributed by atoms with E-state index in [0.29, 0.717) is 50.2 Å². The Morgan fingerprint density at radius 1 is 0.973 bits per heavy atom. The van der Waals surface area contributed by atoms with Gasteiger partial charge in [0, 0.05) is 39.0 Å². The van der Waals surface area contributed by atoms with Crippen LogP contribution in [0, 0.1) is 0 Å². The van der Waals surface area contributed by atoms with E-state index in [1.165, 1.54) is 11.3 Å². The molecule has 0 unspecified atom stereocenters. The van der Waals surface area contributed by atoms with E-state index in [0.717, 1.165) is 52.7 Å². The maximum atomic E-state index is 12.6. The van der Waals surface area contributed by atoms with Crippen molar-refractivity contribution < 1.29 is 23.8 Å². The molecular weight excluding hydrogens is 490 g/mol. The number of nitrogens with zero attached hydrogens (tertiary/aromatic N) is 3. The molecule has 1 aliphatic heterocycles. The van der Waals surface area contributed by atoms with Crippen LogP contribution < -0.4 is 14.2 Å². The van der Waals surface area contributed by atoms with Crippen molar-refractivity contribution in [2.75, 3.05) is 54.1 Å². The summed E-state index contributed by atoms with van der Waals surface area (Å²) in [4.78, 5) is 33.8. The Morgan fingerprint density at radius 2 is 1.76 bits per heavy atom. The summed E-state index contributed by atoms with van der Waals surface area (Å²) < 4.78 is 17.5. The molecule has 0 N–H and O–H groups in total. The number of fused-ring (bicyclic) bond motifs is 1. The third-order valence-corrected chi connectivity index (χ3v) is 7.57. The summed E-state index contributed by atoms with van der Waals surface area (Å²) in [5.41, 5.74) is 1.90. The number of Topliss-reactive ketones (excluding diaryl/α,β-unsaturated/α-hetero) is 1. The Balaban J connectivity index is 1.23. The van der Waals surface area contributed by atoms with Gasteiger partial charge in [-0.25, -0.2) is 4.98 Å². The number of carbonyl (C=O) groups is 2. The molecule has 0 saturated carbocycles. The highest BCUT2D eigenvalue weighted by Gasteiger charge is 2.18. The molecule has 1 fully saturated rings. The number of rotatable bonds is 12. The first-order valence-electron chi connectivity index (χ1n) is 12.7. The van der Waals surface area contributed by atoms with Gasteiger partial charge in [-0.05, 0) is 55.8 Å². The monoisotopic (exact) mass is 525 g/mol. The van der Waals surface area contributed by atoms with Gasteiger partial charge in [0.1, 0.15) is 16.5 Å². The normalized spacial score (nSPS) is 14.1. The van der Waals surface area contributed by atoms with Gasteiger partial charge < -0.3 is 24.0 Å². The molecule has 2 heterocycles. The van der Waals surface area contributed by atoms with E-state index in [1.807, 2.05) is 41.3 Å². The summed E-state index contributed by atoms with van der Waals surface area (Å²) in [6, 6.07) is 11.5. The van der Waals surface area contributed by atoms with Crippen LogP contribution in [0.25, 0.3) is 10.2 Å². The van der Waals surface area contributed by atoms with Crippen LogP contribution in [-0.2, 0) is 22.4 Å². The molecule has 0 aliphatic carbocycles. The lowest BCUT2D eigenvalue weighted by atomic mass is 10.1. The number of likely N-dealkylation sites (N-methyl/N-ethyl adjacent to an activating group) is 1. The first kappa shape index (κ1) is 26.9.